The number of carboxylic acid groups (broad SMARTS) is 1. The maximum absolute atomic E-state index is 9.53. The van der Waals surface area contributed by atoms with Gasteiger partial charge < -0.3 is 9.90 Å². The highest BCUT2D eigenvalue weighted by Crippen LogP contribution is 1.85. The van der Waals surface area contributed by atoms with Crippen LogP contribution in [0.2, 0.25) is 0 Å². The van der Waals surface area contributed by atoms with Gasteiger partial charge in [-0.3, -0.25) is 0 Å². The minimum atomic E-state index is -1.49. The molecule has 1 amide bonds. The summed E-state index contributed by atoms with van der Waals surface area (Å²) in [6, 6.07) is -0.0760. The van der Waals surface area contributed by atoms with Crippen LogP contribution < -0.4 is 5.11 Å². The molecule has 0 N–H and O–H groups in total. The highest BCUT2D eigenvalue weighted by Gasteiger charge is 1.82. The fourth-order valence-corrected chi connectivity index (χ4v) is 0.163. The van der Waals surface area contributed by atoms with E-state index in [1.54, 1.807) is 13.8 Å². The molecule has 0 aliphatic rings. The molecule has 0 aliphatic carbocycles. The summed E-state index contributed by atoms with van der Waals surface area (Å²) in [7, 11) is 0. The molecule has 8 heavy (non-hydrogen) atoms. The minimum Gasteiger partial charge on any atom is -0.527 e. The van der Waals surface area contributed by atoms with Crippen molar-refractivity contribution in [3.8, 4) is 0 Å². The van der Waals surface area contributed by atoms with Crippen LogP contribution in [0.5, 0.6) is 0 Å². The van der Waals surface area contributed by atoms with E-state index in [0.29, 0.717) is 0 Å². The van der Waals surface area contributed by atoms with Crippen LogP contribution >= 0.6 is 0 Å². The van der Waals surface area contributed by atoms with Gasteiger partial charge in [0.25, 0.3) is 0 Å². The van der Waals surface area contributed by atoms with E-state index in [1.165, 1.54) is 0 Å². The number of rotatable bonds is 1. The van der Waals surface area contributed by atoms with Crippen LogP contribution in [0, 0.1) is 0 Å². The average molecular weight is 115 g/mol. The Balaban J connectivity index is 3.50. The second-order valence-corrected chi connectivity index (χ2v) is 1.58. The summed E-state index contributed by atoms with van der Waals surface area (Å²) in [6.07, 6.45) is -1.49. The molecule has 0 aromatic heterocycles. The second-order valence-electron chi connectivity index (χ2n) is 1.58. The first kappa shape index (κ1) is 7.07. The summed E-state index contributed by atoms with van der Waals surface area (Å²) >= 11 is 0. The van der Waals surface area contributed by atoms with Crippen molar-refractivity contribution in [2.45, 2.75) is 19.9 Å². The van der Waals surface area contributed by atoms with Crippen LogP contribution in [0.4, 0.5) is 4.79 Å². The Morgan fingerprint density at radius 3 is 2.25 bits per heavy atom. The lowest BCUT2D eigenvalue weighted by Crippen LogP contribution is -2.16. The largest absolute Gasteiger partial charge is 0.527 e. The number of carbonyl (C=O) groups is 1. The smallest absolute Gasteiger partial charge is 0.185 e. The van der Waals surface area contributed by atoms with E-state index in [0.717, 1.165) is 0 Å². The van der Waals surface area contributed by atoms with Crippen LogP contribution in [-0.2, 0) is 0 Å². The normalized spacial score (nSPS) is 10.9. The zero-order valence-corrected chi connectivity index (χ0v) is 4.79. The minimum absolute atomic E-state index is 0.0760. The molecular weight excluding hydrogens is 108 g/mol. The van der Waals surface area contributed by atoms with Gasteiger partial charge in [-0.2, -0.15) is 5.11 Å². The number of amides is 1. The van der Waals surface area contributed by atoms with Crippen LogP contribution in [0.1, 0.15) is 13.8 Å². The third kappa shape index (κ3) is 5.07. The van der Waals surface area contributed by atoms with E-state index in [-0.39, 0.29) is 6.04 Å². The van der Waals surface area contributed by atoms with Crippen LogP contribution in [0.15, 0.2) is 10.2 Å². The van der Waals surface area contributed by atoms with E-state index in [1.807, 2.05) is 0 Å². The monoisotopic (exact) mass is 115 g/mol. The second kappa shape index (κ2) is 3.12. The number of azo groups is 1. The maximum Gasteiger partial charge on any atom is 0.185 e. The van der Waals surface area contributed by atoms with Crippen molar-refractivity contribution in [2.75, 3.05) is 0 Å². The molecule has 0 radical (unpaired) electrons. The Kier molecular flexibility index (Phi) is 2.76. The van der Waals surface area contributed by atoms with Crippen molar-refractivity contribution in [3.05, 3.63) is 0 Å². The predicted molar refractivity (Wildman–Crippen MR) is 25.4 cm³/mol. The van der Waals surface area contributed by atoms with Crippen LogP contribution in [-0.4, -0.2) is 12.1 Å². The van der Waals surface area contributed by atoms with E-state index in [4.69, 9.17) is 0 Å². The molecule has 0 heterocycles. The number of hydrogen-bond donors (Lipinski definition) is 0. The Bertz CT molecular complexity index is 109. The molecule has 0 aromatic rings. The topological polar surface area (TPSA) is 64.8 Å². The third-order valence-electron chi connectivity index (χ3n) is 0.370. The fraction of sp³-hybridized carbons (Fsp3) is 0.750. The number of hydrogen-bond acceptors (Lipinski definition) is 3. The highest BCUT2D eigenvalue weighted by molar-refractivity contribution is 5.61. The van der Waals surface area contributed by atoms with Crippen molar-refractivity contribution >= 4 is 6.09 Å². The number of carbonyl (C=O) groups excluding carboxylic acids is 1. The molecule has 0 aromatic carbocycles. The quantitative estimate of drug-likeness (QED) is 0.458. The van der Waals surface area contributed by atoms with Gasteiger partial charge in [-0.25, -0.2) is 0 Å². The van der Waals surface area contributed by atoms with Gasteiger partial charge in [0.2, 0.25) is 0 Å². The summed E-state index contributed by atoms with van der Waals surface area (Å²) in [6.45, 7) is 3.46. The number of nitrogens with zero attached hydrogens (tertiary/aromatic N) is 2. The lowest BCUT2D eigenvalue weighted by molar-refractivity contribution is -0.246. The van der Waals surface area contributed by atoms with Gasteiger partial charge in [-0.1, -0.05) is 0 Å². The summed E-state index contributed by atoms with van der Waals surface area (Å²) in [5.41, 5.74) is 0. The Hall–Kier alpha value is -0.930. The molecule has 0 unspecified atom stereocenters. The van der Waals surface area contributed by atoms with Gasteiger partial charge in [0, 0.05) is 0 Å². The average Bonchev–Trinajstić information content (AvgIpc) is 1.61. The first-order chi connectivity index (χ1) is 3.63. The van der Waals surface area contributed by atoms with Crippen molar-refractivity contribution in [2.24, 2.45) is 10.2 Å². The lowest BCUT2D eigenvalue weighted by Gasteiger charge is -1.91. The molecule has 0 saturated heterocycles. The van der Waals surface area contributed by atoms with E-state index in [2.05, 4.69) is 10.2 Å². The zero-order valence-electron chi connectivity index (χ0n) is 4.79. The summed E-state index contributed by atoms with van der Waals surface area (Å²) in [4.78, 5) is 9.53. The van der Waals surface area contributed by atoms with Gasteiger partial charge in [0.1, 0.15) is 0 Å². The van der Waals surface area contributed by atoms with Crippen molar-refractivity contribution in [1.82, 2.24) is 0 Å². The first-order valence-corrected chi connectivity index (χ1v) is 2.24. The Morgan fingerprint density at radius 1 is 1.62 bits per heavy atom. The Morgan fingerprint density at radius 2 is 2.12 bits per heavy atom. The predicted octanol–water partition coefficient (Wildman–Crippen LogP) is 0.190. The zero-order chi connectivity index (χ0) is 6.57. The SMILES string of the molecule is CC(C)N=NC(=O)[O-]. The van der Waals surface area contributed by atoms with Crippen molar-refractivity contribution in [1.29, 1.82) is 0 Å². The van der Waals surface area contributed by atoms with Gasteiger partial charge in [-0.05, 0) is 13.8 Å². The summed E-state index contributed by atoms with van der Waals surface area (Å²) in [5.74, 6) is 0. The van der Waals surface area contributed by atoms with Crippen molar-refractivity contribution in [3.63, 3.8) is 0 Å². The highest BCUT2D eigenvalue weighted by atomic mass is 16.4. The molecule has 0 bridgehead atoms. The van der Waals surface area contributed by atoms with Crippen LogP contribution in [0.3, 0.4) is 0 Å². The fourth-order valence-electron chi connectivity index (χ4n) is 0.163. The summed E-state index contributed by atoms with van der Waals surface area (Å²) < 4.78 is 0. The molecule has 4 nitrogen and oxygen atoms in total. The van der Waals surface area contributed by atoms with E-state index >= 15 is 0 Å². The van der Waals surface area contributed by atoms with Gasteiger partial charge in [-0.15, -0.1) is 5.11 Å². The van der Waals surface area contributed by atoms with E-state index in [9.17, 15) is 9.90 Å². The molecule has 46 valence electrons. The summed E-state index contributed by atoms with van der Waals surface area (Å²) in [5, 5.41) is 15.6. The molecule has 0 fully saturated rings. The molecule has 4 heteroatoms. The molecule has 0 spiro atoms. The molecule has 0 rings (SSSR count). The third-order valence-corrected chi connectivity index (χ3v) is 0.370. The molecule has 0 atom stereocenters. The first-order valence-electron chi connectivity index (χ1n) is 2.24. The van der Waals surface area contributed by atoms with Gasteiger partial charge in [0.05, 0.1) is 6.04 Å². The Labute approximate surface area is 47.2 Å². The maximum atomic E-state index is 9.53. The van der Waals surface area contributed by atoms with Crippen LogP contribution in [0.25, 0.3) is 0 Å². The molecular formula is C4H7N2O2-. The van der Waals surface area contributed by atoms with Crippen molar-refractivity contribution < 1.29 is 9.90 Å². The van der Waals surface area contributed by atoms with Gasteiger partial charge >= 0.3 is 0 Å². The van der Waals surface area contributed by atoms with E-state index < -0.39 is 6.09 Å². The standard InChI is InChI=1S/C4H8N2O2/c1-3(2)5-6-4(7)8/h3H,1-2H3,(H,7,8)/p-1. The lowest BCUT2D eigenvalue weighted by atomic mass is 10.4. The molecule has 0 aliphatic heterocycles. The van der Waals surface area contributed by atoms with Gasteiger partial charge in [0.15, 0.2) is 6.09 Å². The molecule has 0 saturated carbocycles.